The van der Waals surface area contributed by atoms with Crippen molar-refractivity contribution >= 4 is 26.9 Å². The summed E-state index contributed by atoms with van der Waals surface area (Å²) in [6, 6.07) is 12.2. The van der Waals surface area contributed by atoms with Gasteiger partial charge in [0, 0.05) is 31.6 Å². The number of rotatable bonds is 3. The molecule has 0 atom stereocenters. The Morgan fingerprint density at radius 3 is 2.17 bits per heavy atom. The topological polar surface area (TPSA) is 70.8 Å². The molecule has 4 rings (SSSR count). The van der Waals surface area contributed by atoms with Gasteiger partial charge in [-0.1, -0.05) is 18.2 Å². The molecular formula is C20H17F3N2O4S. The van der Waals surface area contributed by atoms with E-state index in [2.05, 4.69) is 0 Å². The van der Waals surface area contributed by atoms with E-state index in [9.17, 15) is 26.4 Å². The van der Waals surface area contributed by atoms with E-state index in [1.165, 1.54) is 4.90 Å². The minimum Gasteiger partial charge on any atom is -0.451 e. The van der Waals surface area contributed by atoms with Gasteiger partial charge in [0.25, 0.3) is 5.91 Å². The summed E-state index contributed by atoms with van der Waals surface area (Å²) >= 11 is 0. The lowest BCUT2D eigenvalue weighted by atomic mass is 10.2. The van der Waals surface area contributed by atoms with Crippen molar-refractivity contribution in [2.75, 3.05) is 26.2 Å². The van der Waals surface area contributed by atoms with Gasteiger partial charge >= 0.3 is 6.18 Å². The van der Waals surface area contributed by atoms with Gasteiger partial charge in [0.05, 0.1) is 10.5 Å². The Kier molecular flexibility index (Phi) is 5.07. The number of amides is 1. The van der Waals surface area contributed by atoms with Crippen LogP contribution in [0.15, 0.2) is 63.9 Å². The summed E-state index contributed by atoms with van der Waals surface area (Å²) in [6.45, 7) is 0.371. The highest BCUT2D eigenvalue weighted by molar-refractivity contribution is 7.89. The predicted molar refractivity (Wildman–Crippen MR) is 102 cm³/mol. The molecule has 0 N–H and O–H groups in total. The van der Waals surface area contributed by atoms with E-state index in [4.69, 9.17) is 4.42 Å². The van der Waals surface area contributed by atoms with Gasteiger partial charge in [0.15, 0.2) is 5.76 Å². The Balaban J connectivity index is 1.45. The van der Waals surface area contributed by atoms with Gasteiger partial charge in [0.1, 0.15) is 5.58 Å². The van der Waals surface area contributed by atoms with Crippen LogP contribution in [0.5, 0.6) is 0 Å². The van der Waals surface area contributed by atoms with E-state index in [0.29, 0.717) is 5.58 Å². The van der Waals surface area contributed by atoms with Gasteiger partial charge in [-0.2, -0.15) is 17.5 Å². The van der Waals surface area contributed by atoms with Crippen LogP contribution in [0.4, 0.5) is 13.2 Å². The zero-order valence-electron chi connectivity index (χ0n) is 15.6. The highest BCUT2D eigenvalue weighted by Crippen LogP contribution is 2.30. The first kappa shape index (κ1) is 20.4. The van der Waals surface area contributed by atoms with Crippen molar-refractivity contribution in [2.24, 2.45) is 0 Å². The van der Waals surface area contributed by atoms with E-state index in [1.54, 1.807) is 18.2 Å². The Labute approximate surface area is 170 Å². The summed E-state index contributed by atoms with van der Waals surface area (Å²) in [4.78, 5) is 14.0. The first-order valence-corrected chi connectivity index (χ1v) is 10.6. The van der Waals surface area contributed by atoms with Crippen LogP contribution < -0.4 is 0 Å². The number of hydrogen-bond donors (Lipinski definition) is 0. The maximum absolute atomic E-state index is 12.7. The number of hydrogen-bond acceptors (Lipinski definition) is 4. The minimum absolute atomic E-state index is 0.0370. The standard InChI is InChI=1S/C20H17F3N2O4S/c21-20(22,23)15-5-7-16(8-6-15)30(27,28)25-11-9-24(10-12-25)19(26)18-13-14-3-1-2-4-17(14)29-18/h1-8,13H,9-12H2. The van der Waals surface area contributed by atoms with Crippen LogP contribution in [0, 0.1) is 0 Å². The molecule has 0 radical (unpaired) electrons. The zero-order chi connectivity index (χ0) is 21.5. The largest absolute Gasteiger partial charge is 0.451 e. The summed E-state index contributed by atoms with van der Waals surface area (Å²) in [5.41, 5.74) is -0.327. The summed E-state index contributed by atoms with van der Waals surface area (Å²) in [6.07, 6.45) is -4.54. The smallest absolute Gasteiger partial charge is 0.416 e. The third-order valence-corrected chi connectivity index (χ3v) is 6.89. The average molecular weight is 438 g/mol. The number of alkyl halides is 3. The predicted octanol–water partition coefficient (Wildman–Crippen LogP) is 3.60. The van der Waals surface area contributed by atoms with E-state index in [0.717, 1.165) is 34.0 Å². The minimum atomic E-state index is -4.54. The highest BCUT2D eigenvalue weighted by atomic mass is 32.2. The fraction of sp³-hybridized carbons (Fsp3) is 0.250. The lowest BCUT2D eigenvalue weighted by Crippen LogP contribution is -2.50. The molecule has 2 aromatic carbocycles. The first-order chi connectivity index (χ1) is 14.2. The fourth-order valence-electron chi connectivity index (χ4n) is 3.34. The molecule has 6 nitrogen and oxygen atoms in total. The Bertz CT molecular complexity index is 1150. The molecule has 0 aliphatic carbocycles. The monoisotopic (exact) mass is 438 g/mol. The van der Waals surface area contributed by atoms with Gasteiger partial charge in [-0.05, 0) is 36.4 Å². The van der Waals surface area contributed by atoms with Crippen molar-refractivity contribution in [3.8, 4) is 0 Å². The number of carbonyl (C=O) groups is 1. The van der Waals surface area contributed by atoms with Crippen LogP contribution >= 0.6 is 0 Å². The molecule has 158 valence electrons. The van der Waals surface area contributed by atoms with Crippen molar-refractivity contribution in [3.63, 3.8) is 0 Å². The number of nitrogens with zero attached hydrogens (tertiary/aromatic N) is 2. The molecule has 0 saturated carbocycles. The van der Waals surface area contributed by atoms with E-state index in [1.807, 2.05) is 12.1 Å². The SMILES string of the molecule is O=C(c1cc2ccccc2o1)N1CCN(S(=O)(=O)c2ccc(C(F)(F)F)cc2)CC1. The molecule has 1 aliphatic rings. The first-order valence-electron chi connectivity index (χ1n) is 9.11. The number of fused-ring (bicyclic) bond motifs is 1. The summed E-state index contributed by atoms with van der Waals surface area (Å²) in [5, 5.41) is 0.796. The van der Waals surface area contributed by atoms with Gasteiger partial charge < -0.3 is 9.32 Å². The van der Waals surface area contributed by atoms with Crippen LogP contribution in [0.1, 0.15) is 16.1 Å². The molecule has 10 heteroatoms. The number of benzene rings is 2. The van der Waals surface area contributed by atoms with Crippen molar-refractivity contribution in [3.05, 3.63) is 65.9 Å². The number of sulfonamides is 1. The third kappa shape index (κ3) is 3.80. The molecule has 0 bridgehead atoms. The number of para-hydroxylation sites is 1. The van der Waals surface area contributed by atoms with Crippen molar-refractivity contribution in [1.29, 1.82) is 0 Å². The molecule has 1 fully saturated rings. The van der Waals surface area contributed by atoms with Crippen molar-refractivity contribution in [2.45, 2.75) is 11.1 Å². The summed E-state index contributed by atoms with van der Waals surface area (Å²) in [7, 11) is -3.95. The Morgan fingerprint density at radius 2 is 1.57 bits per heavy atom. The quantitative estimate of drug-likeness (QED) is 0.627. The van der Waals surface area contributed by atoms with Gasteiger partial charge in [0.2, 0.25) is 10.0 Å². The number of furan rings is 1. The number of halogens is 3. The van der Waals surface area contributed by atoms with Crippen molar-refractivity contribution < 1.29 is 30.8 Å². The normalized spacial score (nSPS) is 16.2. The Morgan fingerprint density at radius 1 is 0.933 bits per heavy atom. The van der Waals surface area contributed by atoms with E-state index >= 15 is 0 Å². The van der Waals surface area contributed by atoms with Crippen LogP contribution in [-0.2, 0) is 16.2 Å². The second-order valence-electron chi connectivity index (χ2n) is 6.87. The zero-order valence-corrected chi connectivity index (χ0v) is 16.4. The molecule has 0 spiro atoms. The summed E-state index contributed by atoms with van der Waals surface area (Å²) in [5.74, 6) is -0.159. The van der Waals surface area contributed by atoms with Gasteiger partial charge in [-0.25, -0.2) is 8.42 Å². The number of piperazine rings is 1. The van der Waals surface area contributed by atoms with Crippen LogP contribution in [0.25, 0.3) is 11.0 Å². The van der Waals surface area contributed by atoms with Crippen LogP contribution in [-0.4, -0.2) is 49.7 Å². The van der Waals surface area contributed by atoms with Gasteiger partial charge in [-0.15, -0.1) is 0 Å². The second-order valence-corrected chi connectivity index (χ2v) is 8.80. The summed E-state index contributed by atoms with van der Waals surface area (Å²) < 4.78 is 70.3. The lowest BCUT2D eigenvalue weighted by Gasteiger charge is -2.33. The molecule has 3 aromatic rings. The van der Waals surface area contributed by atoms with Gasteiger partial charge in [-0.3, -0.25) is 4.79 Å². The molecule has 1 amide bonds. The third-order valence-electron chi connectivity index (χ3n) is 4.98. The highest BCUT2D eigenvalue weighted by Gasteiger charge is 2.33. The maximum Gasteiger partial charge on any atom is 0.416 e. The van der Waals surface area contributed by atoms with Crippen LogP contribution in [0.3, 0.4) is 0 Å². The second kappa shape index (κ2) is 7.44. The molecule has 2 heterocycles. The lowest BCUT2D eigenvalue weighted by molar-refractivity contribution is -0.137. The Hall–Kier alpha value is -2.85. The molecule has 0 unspecified atom stereocenters. The molecular weight excluding hydrogens is 421 g/mol. The molecule has 1 aliphatic heterocycles. The van der Waals surface area contributed by atoms with Crippen molar-refractivity contribution in [1.82, 2.24) is 9.21 Å². The van der Waals surface area contributed by atoms with E-state index in [-0.39, 0.29) is 42.7 Å². The average Bonchev–Trinajstić information content (AvgIpc) is 3.17. The maximum atomic E-state index is 12.7. The molecule has 1 saturated heterocycles. The fourth-order valence-corrected chi connectivity index (χ4v) is 4.76. The van der Waals surface area contributed by atoms with E-state index < -0.39 is 21.8 Å². The van der Waals surface area contributed by atoms with Crippen LogP contribution in [0.2, 0.25) is 0 Å². The molecule has 1 aromatic heterocycles. The molecule has 30 heavy (non-hydrogen) atoms. The number of carbonyl (C=O) groups excluding carboxylic acids is 1.